The smallest absolute Gasteiger partial charge is 0.273 e. The van der Waals surface area contributed by atoms with Crippen molar-refractivity contribution >= 4 is 43.4 Å². The molecule has 2 aromatic heterocycles. The predicted molar refractivity (Wildman–Crippen MR) is 111 cm³/mol. The molecule has 0 bridgehead atoms. The maximum atomic E-state index is 12.5. The summed E-state index contributed by atoms with van der Waals surface area (Å²) in [5, 5.41) is 6.51. The van der Waals surface area contributed by atoms with Crippen molar-refractivity contribution in [2.75, 3.05) is 5.32 Å². The molecule has 0 saturated heterocycles. The Morgan fingerprint density at radius 3 is 2.71 bits per heavy atom. The number of rotatable bonds is 4. The van der Waals surface area contributed by atoms with Crippen LogP contribution in [0.1, 0.15) is 17.5 Å². The van der Waals surface area contributed by atoms with E-state index < -0.39 is 0 Å². The van der Waals surface area contributed by atoms with Gasteiger partial charge in [-0.25, -0.2) is 9.67 Å². The lowest BCUT2D eigenvalue weighted by Crippen LogP contribution is -2.31. The third-order valence-electron chi connectivity index (χ3n) is 4.52. The zero-order valence-corrected chi connectivity index (χ0v) is 16.2. The van der Waals surface area contributed by atoms with Gasteiger partial charge in [-0.2, -0.15) is 0 Å². The number of fused-ring (bicyclic) bond motifs is 2. The van der Waals surface area contributed by atoms with Crippen molar-refractivity contribution in [1.82, 2.24) is 14.8 Å². The van der Waals surface area contributed by atoms with E-state index in [2.05, 4.69) is 21.5 Å². The van der Waals surface area contributed by atoms with Gasteiger partial charge in [-0.1, -0.05) is 29.5 Å². The Kier molecular flexibility index (Phi) is 4.56. The first-order valence-electron chi connectivity index (χ1n) is 8.82. The minimum Gasteiger partial charge on any atom is -0.302 e. The third kappa shape index (κ3) is 3.34. The average Bonchev–Trinajstić information content (AvgIpc) is 3.06. The number of carbonyl (C=O) groups excluding carboxylic acids is 1. The standard InChI is InChI=1S/C20H18N4O3S/c1-11-9-12(2)17-15(10-11)28-20(22-17)21-16(25)7-8-24-19(27)14-6-4-3-5-13(14)18(26)23-24/h3-6,9-10H,7-8H2,1-2H3,(H,23,26)(H,21,22,25). The van der Waals surface area contributed by atoms with Crippen LogP contribution in [0.15, 0.2) is 46.0 Å². The van der Waals surface area contributed by atoms with Gasteiger partial charge in [0.05, 0.1) is 27.5 Å². The van der Waals surface area contributed by atoms with E-state index in [-0.39, 0.29) is 30.0 Å². The van der Waals surface area contributed by atoms with Crippen molar-refractivity contribution in [3.63, 3.8) is 0 Å². The van der Waals surface area contributed by atoms with Crippen molar-refractivity contribution in [2.24, 2.45) is 0 Å². The molecule has 0 aliphatic carbocycles. The summed E-state index contributed by atoms with van der Waals surface area (Å²) in [6.45, 7) is 4.09. The normalized spacial score (nSPS) is 11.2. The van der Waals surface area contributed by atoms with Crippen LogP contribution in [0.5, 0.6) is 0 Å². The lowest BCUT2D eigenvalue weighted by Gasteiger charge is -2.07. The van der Waals surface area contributed by atoms with Crippen LogP contribution in [0.2, 0.25) is 0 Å². The monoisotopic (exact) mass is 394 g/mol. The highest BCUT2D eigenvalue weighted by Crippen LogP contribution is 2.29. The minimum atomic E-state index is -0.354. The number of H-pyrrole nitrogens is 1. The molecule has 0 atom stereocenters. The second kappa shape index (κ2) is 7.05. The molecule has 1 amide bonds. The fourth-order valence-electron chi connectivity index (χ4n) is 3.22. The Hall–Kier alpha value is -3.26. The third-order valence-corrected chi connectivity index (χ3v) is 5.44. The Bertz CT molecular complexity index is 1330. The summed E-state index contributed by atoms with van der Waals surface area (Å²) in [5.41, 5.74) is 2.40. The van der Waals surface area contributed by atoms with Crippen LogP contribution in [0.3, 0.4) is 0 Å². The number of benzene rings is 2. The molecule has 0 spiro atoms. The van der Waals surface area contributed by atoms with Gasteiger partial charge in [0, 0.05) is 6.42 Å². The van der Waals surface area contributed by atoms with Gasteiger partial charge in [0.1, 0.15) is 0 Å². The predicted octanol–water partition coefficient (Wildman–Crippen LogP) is 2.95. The molecule has 4 rings (SSSR count). The maximum Gasteiger partial charge on any atom is 0.273 e. The van der Waals surface area contributed by atoms with Gasteiger partial charge in [0.15, 0.2) is 5.13 Å². The lowest BCUT2D eigenvalue weighted by molar-refractivity contribution is -0.116. The molecule has 142 valence electrons. The first kappa shape index (κ1) is 18.1. The molecule has 2 N–H and O–H groups in total. The van der Waals surface area contributed by atoms with Crippen molar-refractivity contribution < 1.29 is 4.79 Å². The first-order chi connectivity index (χ1) is 13.4. The van der Waals surface area contributed by atoms with Gasteiger partial charge in [-0.3, -0.25) is 19.5 Å². The average molecular weight is 394 g/mol. The number of thiazole rings is 1. The van der Waals surface area contributed by atoms with Gasteiger partial charge in [-0.05, 0) is 43.2 Å². The van der Waals surface area contributed by atoms with E-state index in [0.717, 1.165) is 21.3 Å². The summed E-state index contributed by atoms with van der Waals surface area (Å²) in [6, 6.07) is 10.7. The maximum absolute atomic E-state index is 12.5. The highest BCUT2D eigenvalue weighted by Gasteiger charge is 2.12. The Morgan fingerprint density at radius 1 is 1.18 bits per heavy atom. The fraction of sp³-hybridized carbons (Fsp3) is 0.200. The van der Waals surface area contributed by atoms with E-state index in [1.807, 2.05) is 19.9 Å². The van der Waals surface area contributed by atoms with E-state index in [0.29, 0.717) is 15.9 Å². The number of aromatic amines is 1. The molecular weight excluding hydrogens is 376 g/mol. The van der Waals surface area contributed by atoms with E-state index in [1.54, 1.807) is 24.3 Å². The molecule has 0 aliphatic rings. The summed E-state index contributed by atoms with van der Waals surface area (Å²) in [4.78, 5) is 41.4. The van der Waals surface area contributed by atoms with Crippen LogP contribution in [0.25, 0.3) is 21.0 Å². The number of nitrogens with one attached hydrogen (secondary N) is 2. The molecule has 28 heavy (non-hydrogen) atoms. The molecule has 2 heterocycles. The van der Waals surface area contributed by atoms with Crippen LogP contribution in [-0.2, 0) is 11.3 Å². The molecule has 0 radical (unpaired) electrons. The van der Waals surface area contributed by atoms with Crippen molar-refractivity contribution in [3.8, 4) is 0 Å². The molecule has 8 heteroatoms. The molecule has 4 aromatic rings. The number of hydrogen-bond acceptors (Lipinski definition) is 5. The lowest BCUT2D eigenvalue weighted by atomic mass is 10.1. The molecule has 0 unspecified atom stereocenters. The van der Waals surface area contributed by atoms with Crippen molar-refractivity contribution in [2.45, 2.75) is 26.8 Å². The fourth-order valence-corrected chi connectivity index (χ4v) is 4.28. The molecule has 0 fully saturated rings. The molecule has 7 nitrogen and oxygen atoms in total. The Morgan fingerprint density at radius 2 is 1.93 bits per heavy atom. The summed E-state index contributed by atoms with van der Waals surface area (Å²) in [7, 11) is 0. The zero-order valence-electron chi connectivity index (χ0n) is 15.4. The number of amides is 1. The van der Waals surface area contributed by atoms with Crippen LogP contribution in [0, 0.1) is 13.8 Å². The number of anilines is 1. The van der Waals surface area contributed by atoms with Crippen LogP contribution < -0.4 is 16.4 Å². The SMILES string of the molecule is Cc1cc(C)c2nc(NC(=O)CCn3[nH]c(=O)c4ccccc4c3=O)sc2c1. The van der Waals surface area contributed by atoms with E-state index in [1.165, 1.54) is 16.0 Å². The molecule has 0 aliphatic heterocycles. The first-order valence-corrected chi connectivity index (χ1v) is 9.63. The number of aromatic nitrogens is 3. The highest BCUT2D eigenvalue weighted by atomic mass is 32.1. The largest absolute Gasteiger partial charge is 0.302 e. The topological polar surface area (TPSA) is 96.8 Å². The van der Waals surface area contributed by atoms with Crippen LogP contribution in [0.4, 0.5) is 5.13 Å². The van der Waals surface area contributed by atoms with Gasteiger partial charge in [-0.15, -0.1) is 0 Å². The van der Waals surface area contributed by atoms with Crippen LogP contribution >= 0.6 is 11.3 Å². The van der Waals surface area contributed by atoms with E-state index in [9.17, 15) is 14.4 Å². The van der Waals surface area contributed by atoms with Crippen molar-refractivity contribution in [1.29, 1.82) is 0 Å². The second-order valence-electron chi connectivity index (χ2n) is 6.69. The molecular formula is C20H18N4O3S. The van der Waals surface area contributed by atoms with Gasteiger partial charge >= 0.3 is 0 Å². The minimum absolute atomic E-state index is 0.0438. The van der Waals surface area contributed by atoms with E-state index in [4.69, 9.17) is 0 Å². The quantitative estimate of drug-likeness (QED) is 0.556. The summed E-state index contributed by atoms with van der Waals surface area (Å²) < 4.78 is 2.19. The van der Waals surface area contributed by atoms with Gasteiger partial charge < -0.3 is 5.32 Å². The highest BCUT2D eigenvalue weighted by molar-refractivity contribution is 7.22. The number of carbonyl (C=O) groups is 1. The molecule has 0 saturated carbocycles. The second-order valence-corrected chi connectivity index (χ2v) is 7.72. The van der Waals surface area contributed by atoms with Crippen LogP contribution in [-0.4, -0.2) is 20.7 Å². The van der Waals surface area contributed by atoms with E-state index >= 15 is 0 Å². The number of hydrogen-bond donors (Lipinski definition) is 2. The summed E-state index contributed by atoms with van der Waals surface area (Å²) in [5.74, 6) is -0.269. The zero-order chi connectivity index (χ0) is 19.8. The number of nitrogens with zero attached hydrogens (tertiary/aromatic N) is 2. The summed E-state index contributed by atoms with van der Waals surface area (Å²) >= 11 is 1.41. The Labute approximate surface area is 163 Å². The summed E-state index contributed by atoms with van der Waals surface area (Å²) in [6.07, 6.45) is 0.0438. The number of aryl methyl sites for hydroxylation is 3. The van der Waals surface area contributed by atoms with Gasteiger partial charge in [0.2, 0.25) is 5.91 Å². The van der Waals surface area contributed by atoms with Crippen molar-refractivity contribution in [3.05, 3.63) is 68.2 Å². The Balaban J connectivity index is 1.52. The van der Waals surface area contributed by atoms with Gasteiger partial charge in [0.25, 0.3) is 11.1 Å². The molecule has 2 aromatic carbocycles.